The molecule has 33 heavy (non-hydrogen) atoms. The van der Waals surface area contributed by atoms with Gasteiger partial charge in [-0.25, -0.2) is 13.8 Å². The summed E-state index contributed by atoms with van der Waals surface area (Å²) in [5.41, 5.74) is -1.97. The summed E-state index contributed by atoms with van der Waals surface area (Å²) in [5.74, 6) is -1.20. The highest BCUT2D eigenvalue weighted by Crippen LogP contribution is 2.41. The molecule has 0 aliphatic carbocycles. The number of rotatable bonds is 4. The summed E-state index contributed by atoms with van der Waals surface area (Å²) in [5, 5.41) is 3.14. The first-order valence-electron chi connectivity index (χ1n) is 10.1. The van der Waals surface area contributed by atoms with Gasteiger partial charge in [-0.05, 0) is 43.7 Å². The van der Waals surface area contributed by atoms with Crippen LogP contribution in [0.2, 0.25) is 0 Å². The fraction of sp³-hybridized carbons (Fsp3) is 0.261. The van der Waals surface area contributed by atoms with Gasteiger partial charge in [0.25, 0.3) is 5.56 Å². The molecule has 5 nitrogen and oxygen atoms in total. The Balaban J connectivity index is 1.92. The second kappa shape index (κ2) is 8.09. The Morgan fingerprint density at radius 2 is 1.76 bits per heavy atom. The van der Waals surface area contributed by atoms with Crippen LogP contribution >= 0.6 is 0 Å². The Hall–Kier alpha value is -3.56. The molecule has 1 unspecified atom stereocenters. The van der Waals surface area contributed by atoms with E-state index in [1.165, 1.54) is 41.1 Å². The van der Waals surface area contributed by atoms with Crippen LogP contribution in [0.15, 0.2) is 64.6 Å². The number of aliphatic imine (C=N–C) groups is 1. The Bertz CT molecular complexity index is 1270. The Morgan fingerprint density at radius 3 is 2.33 bits per heavy atom. The van der Waals surface area contributed by atoms with Crippen LogP contribution in [0.3, 0.4) is 0 Å². The van der Waals surface area contributed by atoms with Crippen LogP contribution in [-0.2, 0) is 18.3 Å². The molecule has 1 N–H and O–H groups in total. The average Bonchev–Trinajstić information content (AvgIpc) is 3.13. The number of hydrogen-bond acceptors (Lipinski definition) is 4. The van der Waals surface area contributed by atoms with E-state index in [1.54, 1.807) is 13.8 Å². The number of pyridine rings is 2. The third kappa shape index (κ3) is 3.90. The number of nitrogens with one attached hydrogen (secondary N) is 1. The highest BCUT2D eigenvalue weighted by molar-refractivity contribution is 6.01. The lowest BCUT2D eigenvalue weighted by Gasteiger charge is -2.31. The van der Waals surface area contributed by atoms with Gasteiger partial charge in [-0.3, -0.25) is 9.78 Å². The van der Waals surface area contributed by atoms with E-state index in [2.05, 4.69) is 10.3 Å². The number of amidine groups is 1. The minimum absolute atomic E-state index is 0.234. The number of aryl methyl sites for hydroxylation is 1. The van der Waals surface area contributed by atoms with E-state index in [0.717, 1.165) is 18.3 Å². The maximum Gasteiger partial charge on any atom is 0.433 e. The second-order valence-corrected chi connectivity index (χ2v) is 7.70. The molecule has 3 aromatic rings. The van der Waals surface area contributed by atoms with Gasteiger partial charge in [0.1, 0.15) is 22.9 Å². The van der Waals surface area contributed by atoms with E-state index < -0.39 is 40.6 Å². The molecule has 2 atom stereocenters. The first-order chi connectivity index (χ1) is 15.6. The van der Waals surface area contributed by atoms with Crippen molar-refractivity contribution in [3.63, 3.8) is 0 Å². The summed E-state index contributed by atoms with van der Waals surface area (Å²) >= 11 is 0. The highest BCUT2D eigenvalue weighted by Gasteiger charge is 2.46. The number of benzene rings is 1. The van der Waals surface area contributed by atoms with Gasteiger partial charge in [-0.2, -0.15) is 13.2 Å². The normalized spacial score (nSPS) is 20.5. The summed E-state index contributed by atoms with van der Waals surface area (Å²) in [6, 6.07) is 8.10. The molecule has 0 radical (unpaired) electrons. The van der Waals surface area contributed by atoms with Crippen LogP contribution in [0.5, 0.6) is 0 Å². The molecule has 10 heteroatoms. The SMILES string of the molecule is CCn1cc(C2=NC(c3ccc(F)cc3)(c3ccc(C(F)(F)F)nc3)[C@H](C)N2)cc(F)c1=O. The Kier molecular flexibility index (Phi) is 5.55. The molecule has 1 aliphatic heterocycles. The average molecular weight is 462 g/mol. The molecule has 0 bridgehead atoms. The molecular formula is C23H19F5N4O. The summed E-state index contributed by atoms with van der Waals surface area (Å²) in [7, 11) is 0. The summed E-state index contributed by atoms with van der Waals surface area (Å²) in [6.45, 7) is 3.68. The van der Waals surface area contributed by atoms with Crippen molar-refractivity contribution >= 4 is 5.84 Å². The maximum absolute atomic E-state index is 14.2. The predicted octanol–water partition coefficient (Wildman–Crippen LogP) is 4.24. The van der Waals surface area contributed by atoms with Crippen molar-refractivity contribution in [3.8, 4) is 0 Å². The van der Waals surface area contributed by atoms with Crippen molar-refractivity contribution in [2.45, 2.75) is 38.1 Å². The van der Waals surface area contributed by atoms with Crippen molar-refractivity contribution in [1.29, 1.82) is 0 Å². The van der Waals surface area contributed by atoms with Gasteiger partial charge in [0.15, 0.2) is 5.82 Å². The molecule has 0 fully saturated rings. The third-order valence-electron chi connectivity index (χ3n) is 5.70. The molecule has 0 saturated carbocycles. The lowest BCUT2D eigenvalue weighted by Crippen LogP contribution is -2.41. The number of alkyl halides is 3. The van der Waals surface area contributed by atoms with Gasteiger partial charge in [-0.1, -0.05) is 18.2 Å². The summed E-state index contributed by atoms with van der Waals surface area (Å²) < 4.78 is 68.2. The van der Waals surface area contributed by atoms with E-state index in [0.29, 0.717) is 16.7 Å². The fourth-order valence-electron chi connectivity index (χ4n) is 4.01. The van der Waals surface area contributed by atoms with Crippen LogP contribution in [-0.4, -0.2) is 21.4 Å². The Morgan fingerprint density at radius 1 is 1.09 bits per heavy atom. The minimum Gasteiger partial charge on any atom is -0.364 e. The van der Waals surface area contributed by atoms with Crippen LogP contribution in [0.4, 0.5) is 22.0 Å². The van der Waals surface area contributed by atoms with E-state index in [1.807, 2.05) is 0 Å². The molecule has 1 aliphatic rings. The van der Waals surface area contributed by atoms with Crippen molar-refractivity contribution in [2.75, 3.05) is 0 Å². The van der Waals surface area contributed by atoms with E-state index in [4.69, 9.17) is 4.99 Å². The minimum atomic E-state index is -4.61. The summed E-state index contributed by atoms with van der Waals surface area (Å²) in [6.07, 6.45) is -2.07. The number of aromatic nitrogens is 2. The number of halogens is 5. The monoisotopic (exact) mass is 462 g/mol. The predicted molar refractivity (Wildman–Crippen MR) is 112 cm³/mol. The first-order valence-corrected chi connectivity index (χ1v) is 10.1. The quantitative estimate of drug-likeness (QED) is 0.590. The molecule has 1 aromatic carbocycles. The van der Waals surface area contributed by atoms with Crippen LogP contribution in [0, 0.1) is 11.6 Å². The number of nitrogens with zero attached hydrogens (tertiary/aromatic N) is 3. The topological polar surface area (TPSA) is 59.3 Å². The third-order valence-corrected chi connectivity index (χ3v) is 5.70. The molecule has 0 spiro atoms. The van der Waals surface area contributed by atoms with Gasteiger partial charge < -0.3 is 9.88 Å². The van der Waals surface area contributed by atoms with Gasteiger partial charge in [0.05, 0.1) is 6.04 Å². The van der Waals surface area contributed by atoms with Gasteiger partial charge >= 0.3 is 6.18 Å². The van der Waals surface area contributed by atoms with Crippen molar-refractivity contribution < 1.29 is 22.0 Å². The second-order valence-electron chi connectivity index (χ2n) is 7.70. The molecule has 0 amide bonds. The van der Waals surface area contributed by atoms with E-state index in [-0.39, 0.29) is 12.4 Å². The maximum atomic E-state index is 14.2. The van der Waals surface area contributed by atoms with Crippen molar-refractivity contribution in [2.24, 2.45) is 4.99 Å². The number of hydrogen-bond donors (Lipinski definition) is 1. The zero-order valence-electron chi connectivity index (χ0n) is 17.6. The zero-order valence-corrected chi connectivity index (χ0v) is 17.6. The van der Waals surface area contributed by atoms with Crippen LogP contribution < -0.4 is 10.9 Å². The van der Waals surface area contributed by atoms with Crippen molar-refractivity contribution in [1.82, 2.24) is 14.9 Å². The van der Waals surface area contributed by atoms with Gasteiger partial charge in [0, 0.05) is 30.1 Å². The lowest BCUT2D eigenvalue weighted by molar-refractivity contribution is -0.141. The van der Waals surface area contributed by atoms with E-state index >= 15 is 0 Å². The smallest absolute Gasteiger partial charge is 0.364 e. The lowest BCUT2D eigenvalue weighted by atomic mass is 9.79. The molecule has 172 valence electrons. The molecule has 2 aromatic heterocycles. The highest BCUT2D eigenvalue weighted by atomic mass is 19.4. The van der Waals surface area contributed by atoms with E-state index in [9.17, 15) is 26.7 Å². The molecule has 4 rings (SSSR count). The summed E-state index contributed by atoms with van der Waals surface area (Å²) in [4.78, 5) is 20.3. The zero-order chi connectivity index (χ0) is 24.0. The molecular weight excluding hydrogens is 443 g/mol. The van der Waals surface area contributed by atoms with Crippen LogP contribution in [0.1, 0.15) is 36.2 Å². The Labute approximate surface area is 185 Å². The van der Waals surface area contributed by atoms with Crippen LogP contribution in [0.25, 0.3) is 0 Å². The van der Waals surface area contributed by atoms with Gasteiger partial charge in [-0.15, -0.1) is 0 Å². The molecule has 0 saturated heterocycles. The fourth-order valence-corrected chi connectivity index (χ4v) is 4.01. The molecule has 3 heterocycles. The first kappa shape index (κ1) is 22.6. The standard InChI is InChI=1S/C23H19F5N4O/c1-3-32-12-14(10-18(25)21(32)33)20-30-13(2)22(31-20,15-4-7-17(24)8-5-15)16-6-9-19(29-11-16)23(26,27)28/h4-13H,3H2,1-2H3,(H,30,31)/t13-,22?/m0/s1. The van der Waals surface area contributed by atoms with Gasteiger partial charge in [0.2, 0.25) is 0 Å². The largest absolute Gasteiger partial charge is 0.433 e. The van der Waals surface area contributed by atoms with Crippen molar-refractivity contribution in [3.05, 3.63) is 99.2 Å².